The largest absolute Gasteiger partial charge is 0.355 e. The first kappa shape index (κ1) is 18.9. The normalized spacial score (nSPS) is 20.4. The van der Waals surface area contributed by atoms with Crippen LogP contribution < -0.4 is 5.32 Å². The molecule has 1 N–H and O–H groups in total. The number of hydrogen-bond donors (Lipinski definition) is 1. The molecule has 1 aliphatic heterocycles. The highest BCUT2D eigenvalue weighted by Crippen LogP contribution is 2.27. The molecule has 0 spiro atoms. The van der Waals surface area contributed by atoms with Crippen molar-refractivity contribution in [3.05, 3.63) is 35.2 Å². The lowest BCUT2D eigenvalue weighted by atomic mass is 10.1. The Morgan fingerprint density at radius 2 is 2.00 bits per heavy atom. The average molecular weight is 374 g/mol. The SMILES string of the molecule is CC(=O)NC[C@H]1CC[C@@H](CC(=O)N(C)Cc2cc3ccccc3s2)N1C. The van der Waals surface area contributed by atoms with E-state index in [1.165, 1.54) is 15.0 Å². The molecule has 2 amide bonds. The van der Waals surface area contributed by atoms with Gasteiger partial charge >= 0.3 is 0 Å². The maximum absolute atomic E-state index is 12.7. The van der Waals surface area contributed by atoms with Crippen LogP contribution in [0, 0.1) is 0 Å². The molecule has 3 rings (SSSR count). The molecule has 0 radical (unpaired) electrons. The molecule has 6 heteroatoms. The number of hydrogen-bond acceptors (Lipinski definition) is 4. The molecule has 26 heavy (non-hydrogen) atoms. The van der Waals surface area contributed by atoms with Crippen LogP contribution in [0.2, 0.25) is 0 Å². The number of likely N-dealkylation sites (tertiary alicyclic amines) is 1. The molecule has 1 fully saturated rings. The summed E-state index contributed by atoms with van der Waals surface area (Å²) >= 11 is 1.75. The number of nitrogens with one attached hydrogen (secondary N) is 1. The van der Waals surface area contributed by atoms with Crippen LogP contribution in [0.3, 0.4) is 0 Å². The van der Waals surface area contributed by atoms with E-state index in [2.05, 4.69) is 35.5 Å². The van der Waals surface area contributed by atoms with Crippen molar-refractivity contribution in [3.8, 4) is 0 Å². The topological polar surface area (TPSA) is 52.7 Å². The van der Waals surface area contributed by atoms with Gasteiger partial charge in [-0.15, -0.1) is 11.3 Å². The summed E-state index contributed by atoms with van der Waals surface area (Å²) < 4.78 is 1.26. The number of carbonyl (C=O) groups excluding carboxylic acids is 2. The molecule has 1 aromatic heterocycles. The predicted molar refractivity (Wildman–Crippen MR) is 106 cm³/mol. The van der Waals surface area contributed by atoms with E-state index in [0.29, 0.717) is 25.6 Å². The zero-order valence-electron chi connectivity index (χ0n) is 15.7. The van der Waals surface area contributed by atoms with Crippen molar-refractivity contribution in [2.75, 3.05) is 20.6 Å². The molecule has 2 heterocycles. The fourth-order valence-electron chi connectivity index (χ4n) is 3.64. The zero-order chi connectivity index (χ0) is 18.7. The van der Waals surface area contributed by atoms with Crippen molar-refractivity contribution in [2.45, 2.75) is 44.8 Å². The van der Waals surface area contributed by atoms with Crippen molar-refractivity contribution < 1.29 is 9.59 Å². The van der Waals surface area contributed by atoms with E-state index in [0.717, 1.165) is 12.8 Å². The van der Waals surface area contributed by atoms with Crippen molar-refractivity contribution in [1.29, 1.82) is 0 Å². The highest BCUT2D eigenvalue weighted by Gasteiger charge is 2.32. The maximum atomic E-state index is 12.7. The third-order valence-electron chi connectivity index (χ3n) is 5.28. The lowest BCUT2D eigenvalue weighted by molar-refractivity contribution is -0.131. The number of rotatable bonds is 6. The van der Waals surface area contributed by atoms with Gasteiger partial charge in [0.1, 0.15) is 0 Å². The Morgan fingerprint density at radius 3 is 2.73 bits per heavy atom. The van der Waals surface area contributed by atoms with E-state index in [9.17, 15) is 9.59 Å². The number of amides is 2. The lowest BCUT2D eigenvalue weighted by Gasteiger charge is -2.27. The standard InChI is InChI=1S/C20H27N3O2S/c1-14(24)21-12-17-9-8-16(23(17)3)11-20(25)22(2)13-18-10-15-6-4-5-7-19(15)26-18/h4-7,10,16-17H,8-9,11-13H2,1-3H3,(H,21,24)/t16-,17+/m0/s1. The smallest absolute Gasteiger partial charge is 0.224 e. The van der Waals surface area contributed by atoms with Crippen LogP contribution in [-0.2, 0) is 16.1 Å². The van der Waals surface area contributed by atoms with Gasteiger partial charge in [-0.25, -0.2) is 0 Å². The molecule has 140 valence electrons. The van der Waals surface area contributed by atoms with Crippen LogP contribution in [0.15, 0.2) is 30.3 Å². The van der Waals surface area contributed by atoms with Crippen LogP contribution in [0.1, 0.15) is 31.1 Å². The van der Waals surface area contributed by atoms with Gasteiger partial charge in [-0.1, -0.05) is 18.2 Å². The van der Waals surface area contributed by atoms with E-state index in [1.807, 2.05) is 24.1 Å². The third-order valence-corrected chi connectivity index (χ3v) is 6.38. The quantitative estimate of drug-likeness (QED) is 0.847. The van der Waals surface area contributed by atoms with Crippen LogP contribution in [-0.4, -0.2) is 54.3 Å². The fraction of sp³-hybridized carbons (Fsp3) is 0.500. The molecular formula is C20H27N3O2S. The van der Waals surface area contributed by atoms with Crippen molar-refractivity contribution in [3.63, 3.8) is 0 Å². The minimum absolute atomic E-state index is 0.000921. The Labute approximate surface area is 159 Å². The van der Waals surface area contributed by atoms with Gasteiger partial charge in [0.2, 0.25) is 11.8 Å². The van der Waals surface area contributed by atoms with E-state index in [1.54, 1.807) is 18.3 Å². The summed E-state index contributed by atoms with van der Waals surface area (Å²) in [5.74, 6) is 0.181. The summed E-state index contributed by atoms with van der Waals surface area (Å²) in [5, 5.41) is 4.13. The molecule has 1 saturated heterocycles. The highest BCUT2D eigenvalue weighted by molar-refractivity contribution is 7.19. The Bertz CT molecular complexity index is 755. The van der Waals surface area contributed by atoms with Crippen LogP contribution in [0.25, 0.3) is 10.1 Å². The third kappa shape index (κ3) is 4.43. The highest BCUT2D eigenvalue weighted by atomic mass is 32.1. The van der Waals surface area contributed by atoms with E-state index >= 15 is 0 Å². The summed E-state index contributed by atoms with van der Waals surface area (Å²) in [6.07, 6.45) is 2.56. The van der Waals surface area contributed by atoms with Gasteiger partial charge in [-0.3, -0.25) is 14.5 Å². The molecule has 0 unspecified atom stereocenters. The summed E-state index contributed by atoms with van der Waals surface area (Å²) in [4.78, 5) is 29.1. The van der Waals surface area contributed by atoms with E-state index in [-0.39, 0.29) is 17.9 Å². The average Bonchev–Trinajstić information content (AvgIpc) is 3.16. The molecule has 1 aromatic carbocycles. The van der Waals surface area contributed by atoms with Gasteiger partial charge in [0.15, 0.2) is 0 Å². The second-order valence-corrected chi connectivity index (χ2v) is 8.36. The number of nitrogens with zero attached hydrogens (tertiary/aromatic N) is 2. The number of thiophene rings is 1. The lowest BCUT2D eigenvalue weighted by Crippen LogP contribution is -2.42. The maximum Gasteiger partial charge on any atom is 0.224 e. The van der Waals surface area contributed by atoms with Crippen molar-refractivity contribution >= 4 is 33.2 Å². The second-order valence-electron chi connectivity index (χ2n) is 7.19. The summed E-state index contributed by atoms with van der Waals surface area (Å²) in [6, 6.07) is 11.1. The number of benzene rings is 1. The van der Waals surface area contributed by atoms with E-state index in [4.69, 9.17) is 0 Å². The van der Waals surface area contributed by atoms with Crippen LogP contribution >= 0.6 is 11.3 Å². The molecule has 0 saturated carbocycles. The van der Waals surface area contributed by atoms with Crippen LogP contribution in [0.5, 0.6) is 0 Å². The molecule has 1 aliphatic rings. The number of carbonyl (C=O) groups is 2. The van der Waals surface area contributed by atoms with Gasteiger partial charge in [-0.2, -0.15) is 0 Å². The minimum atomic E-state index is 0.000921. The summed E-state index contributed by atoms with van der Waals surface area (Å²) in [6.45, 7) is 2.86. The molecule has 2 atom stereocenters. The fourth-order valence-corrected chi connectivity index (χ4v) is 4.76. The Balaban J connectivity index is 1.53. The number of likely N-dealkylation sites (N-methyl/N-ethyl adjacent to an activating group) is 1. The second kappa shape index (κ2) is 8.18. The van der Waals surface area contributed by atoms with Gasteiger partial charge in [0, 0.05) is 48.6 Å². The summed E-state index contributed by atoms with van der Waals surface area (Å²) in [5.41, 5.74) is 0. The molecule has 5 nitrogen and oxygen atoms in total. The van der Waals surface area contributed by atoms with E-state index < -0.39 is 0 Å². The molecule has 2 aromatic rings. The van der Waals surface area contributed by atoms with Gasteiger partial charge in [-0.05, 0) is 37.4 Å². The molecule has 0 bridgehead atoms. The Kier molecular flexibility index (Phi) is 5.94. The Morgan fingerprint density at radius 1 is 1.27 bits per heavy atom. The molecular weight excluding hydrogens is 346 g/mol. The number of fused-ring (bicyclic) bond motifs is 1. The van der Waals surface area contributed by atoms with Gasteiger partial charge in [0.05, 0.1) is 6.54 Å². The minimum Gasteiger partial charge on any atom is -0.355 e. The van der Waals surface area contributed by atoms with Crippen molar-refractivity contribution in [2.24, 2.45) is 0 Å². The monoisotopic (exact) mass is 373 g/mol. The first-order valence-electron chi connectivity index (χ1n) is 9.12. The first-order valence-corrected chi connectivity index (χ1v) is 9.93. The Hall–Kier alpha value is -1.92. The predicted octanol–water partition coefficient (Wildman–Crippen LogP) is 2.85. The zero-order valence-corrected chi connectivity index (χ0v) is 16.5. The van der Waals surface area contributed by atoms with Crippen LogP contribution in [0.4, 0.5) is 0 Å². The van der Waals surface area contributed by atoms with Gasteiger partial charge < -0.3 is 10.2 Å². The summed E-state index contributed by atoms with van der Waals surface area (Å²) in [7, 11) is 3.94. The van der Waals surface area contributed by atoms with Gasteiger partial charge in [0.25, 0.3) is 0 Å². The molecule has 0 aliphatic carbocycles. The first-order chi connectivity index (χ1) is 12.4. The van der Waals surface area contributed by atoms with Crippen molar-refractivity contribution in [1.82, 2.24) is 15.1 Å².